The number of esters is 1. The lowest BCUT2D eigenvalue weighted by atomic mass is 9.94. The number of halogens is 1. The molecule has 0 bridgehead atoms. The minimum Gasteiger partial charge on any atom is -0.507 e. The molecule has 1 fully saturated rings. The van der Waals surface area contributed by atoms with Crippen LogP contribution in [0.2, 0.25) is 0 Å². The normalized spacial score (nSPS) is 16.8. The van der Waals surface area contributed by atoms with Crippen LogP contribution in [0, 0.1) is 19.7 Å². The molecule has 0 aliphatic carbocycles. The number of anilines is 1. The maximum Gasteiger partial charge on any atom is 0.350 e. The highest BCUT2D eigenvalue weighted by Crippen LogP contribution is 2.44. The van der Waals surface area contributed by atoms with Crippen LogP contribution in [-0.2, 0) is 20.7 Å². The second-order valence-electron chi connectivity index (χ2n) is 8.53. The van der Waals surface area contributed by atoms with E-state index < -0.39 is 35.3 Å². The van der Waals surface area contributed by atoms with E-state index in [9.17, 15) is 23.9 Å². The van der Waals surface area contributed by atoms with Crippen molar-refractivity contribution >= 4 is 39.9 Å². The van der Waals surface area contributed by atoms with Gasteiger partial charge in [-0.15, -0.1) is 0 Å². The Kier molecular flexibility index (Phi) is 7.35. The fourth-order valence-corrected chi connectivity index (χ4v) is 5.04. The van der Waals surface area contributed by atoms with Crippen LogP contribution in [0.15, 0.2) is 60.7 Å². The molecule has 1 saturated heterocycles. The average molecular weight is 521 g/mol. The minimum absolute atomic E-state index is 0.00685. The zero-order valence-corrected chi connectivity index (χ0v) is 21.4. The third-order valence-corrected chi connectivity index (χ3v) is 7.24. The molecule has 0 radical (unpaired) electrons. The van der Waals surface area contributed by atoms with Crippen molar-refractivity contribution in [3.63, 3.8) is 0 Å². The highest BCUT2D eigenvalue weighted by molar-refractivity contribution is 7.17. The smallest absolute Gasteiger partial charge is 0.350 e. The number of ketones is 1. The van der Waals surface area contributed by atoms with Crippen LogP contribution >= 0.6 is 11.3 Å². The highest BCUT2D eigenvalue weighted by Gasteiger charge is 2.48. The number of aliphatic hydroxyl groups excluding tert-OH is 1. The molecule has 37 heavy (non-hydrogen) atoms. The Morgan fingerprint density at radius 3 is 2.54 bits per heavy atom. The van der Waals surface area contributed by atoms with Crippen molar-refractivity contribution in [3.05, 3.63) is 99.3 Å². The first-order chi connectivity index (χ1) is 17.7. The number of ether oxygens (including phenoxy) is 1. The van der Waals surface area contributed by atoms with Crippen LogP contribution < -0.4 is 4.90 Å². The Balaban J connectivity index is 1.89. The predicted octanol–water partition coefficient (Wildman–Crippen LogP) is 5.43. The Bertz CT molecular complexity index is 1440. The number of aromatic nitrogens is 1. The van der Waals surface area contributed by atoms with E-state index in [1.54, 1.807) is 26.0 Å². The second kappa shape index (κ2) is 10.5. The number of nitrogens with zero attached hydrogens (tertiary/aromatic N) is 2. The van der Waals surface area contributed by atoms with Crippen LogP contribution in [0.1, 0.15) is 50.6 Å². The van der Waals surface area contributed by atoms with Crippen molar-refractivity contribution in [3.8, 4) is 0 Å². The molecule has 190 valence electrons. The van der Waals surface area contributed by atoms with Gasteiger partial charge in [0.1, 0.15) is 23.1 Å². The maximum absolute atomic E-state index is 14.3. The zero-order chi connectivity index (χ0) is 26.9. The lowest BCUT2D eigenvalue weighted by Gasteiger charge is -2.23. The number of rotatable bonds is 7. The molecule has 4 rings (SSSR count). The number of aryl methyl sites for hydroxylation is 3. The molecule has 2 heterocycles. The molecule has 1 atom stereocenters. The van der Waals surface area contributed by atoms with Crippen LogP contribution in [0.25, 0.3) is 5.76 Å². The Morgan fingerprint density at radius 2 is 1.92 bits per heavy atom. The monoisotopic (exact) mass is 520 g/mol. The van der Waals surface area contributed by atoms with Gasteiger partial charge in [-0.1, -0.05) is 67.3 Å². The standard InChI is InChI=1S/C28H25FN2O5S/c1-5-13-36-27(35)25-16(4)30-28(37-25)31-22(18-11-8-17(6-2)9-12-18)21(24(33)26(31)34)23(32)19-10-7-15(3)20(29)14-19/h5,7-12,14,22,32H,1,6,13H2,2-4H3/t22-/m1/s1. The molecule has 3 aromatic rings. The maximum atomic E-state index is 14.3. The summed E-state index contributed by atoms with van der Waals surface area (Å²) in [6.07, 6.45) is 2.21. The van der Waals surface area contributed by atoms with E-state index in [2.05, 4.69) is 11.6 Å². The minimum atomic E-state index is -1.04. The summed E-state index contributed by atoms with van der Waals surface area (Å²) >= 11 is 0.910. The van der Waals surface area contributed by atoms with Gasteiger partial charge in [-0.05, 0) is 43.0 Å². The Hall–Kier alpha value is -4.11. The van der Waals surface area contributed by atoms with Gasteiger partial charge < -0.3 is 9.84 Å². The van der Waals surface area contributed by atoms with Crippen LogP contribution in [0.5, 0.6) is 0 Å². The predicted molar refractivity (Wildman–Crippen MR) is 139 cm³/mol. The topological polar surface area (TPSA) is 96.8 Å². The number of hydrogen-bond acceptors (Lipinski definition) is 7. The SMILES string of the molecule is C=CCOC(=O)c1sc(N2C(=O)C(=O)C(=C(O)c3ccc(C)c(F)c3)[C@H]2c2ccc(CC)cc2)nc1C. The quantitative estimate of drug-likeness (QED) is 0.147. The Labute approximate surface area is 217 Å². The lowest BCUT2D eigenvalue weighted by Crippen LogP contribution is -2.29. The van der Waals surface area contributed by atoms with Crippen molar-refractivity contribution in [2.24, 2.45) is 0 Å². The molecule has 0 spiro atoms. The molecule has 1 N–H and O–H groups in total. The number of carbonyl (C=O) groups excluding carboxylic acids is 3. The second-order valence-corrected chi connectivity index (χ2v) is 9.50. The van der Waals surface area contributed by atoms with Crippen molar-refractivity contribution in [2.75, 3.05) is 11.5 Å². The van der Waals surface area contributed by atoms with E-state index in [1.165, 1.54) is 23.1 Å². The molecule has 9 heteroatoms. The van der Waals surface area contributed by atoms with Gasteiger partial charge in [0.05, 0.1) is 17.3 Å². The summed E-state index contributed by atoms with van der Waals surface area (Å²) in [5, 5.41) is 11.3. The summed E-state index contributed by atoms with van der Waals surface area (Å²) in [5.74, 6) is -3.54. The van der Waals surface area contributed by atoms with E-state index in [-0.39, 0.29) is 27.8 Å². The number of hydrogen-bond donors (Lipinski definition) is 1. The fraction of sp³-hybridized carbons (Fsp3) is 0.214. The van der Waals surface area contributed by atoms with Gasteiger partial charge in [0.25, 0.3) is 5.78 Å². The number of benzene rings is 2. The van der Waals surface area contributed by atoms with E-state index in [0.717, 1.165) is 29.4 Å². The fourth-order valence-electron chi connectivity index (χ4n) is 4.05. The average Bonchev–Trinajstić information content (AvgIpc) is 3.40. The molecule has 0 unspecified atom stereocenters. The number of thiazole rings is 1. The summed E-state index contributed by atoms with van der Waals surface area (Å²) in [6.45, 7) is 8.70. The number of Topliss-reactive ketones (excluding diaryl/α,β-unsaturated/α-hetero) is 1. The first-order valence-electron chi connectivity index (χ1n) is 11.6. The van der Waals surface area contributed by atoms with Crippen LogP contribution in [0.4, 0.5) is 9.52 Å². The van der Waals surface area contributed by atoms with E-state index in [1.807, 2.05) is 19.1 Å². The molecule has 7 nitrogen and oxygen atoms in total. The highest BCUT2D eigenvalue weighted by atomic mass is 32.1. The van der Waals surface area contributed by atoms with Gasteiger partial charge in [-0.3, -0.25) is 14.5 Å². The third kappa shape index (κ3) is 4.82. The lowest BCUT2D eigenvalue weighted by molar-refractivity contribution is -0.132. The molecule has 0 saturated carbocycles. The Morgan fingerprint density at radius 1 is 1.22 bits per heavy atom. The van der Waals surface area contributed by atoms with E-state index >= 15 is 0 Å². The molecular formula is C28H25FN2O5S. The molecule has 2 aromatic carbocycles. The summed E-state index contributed by atoms with van der Waals surface area (Å²) < 4.78 is 19.4. The summed E-state index contributed by atoms with van der Waals surface area (Å²) in [6, 6.07) is 10.3. The van der Waals surface area contributed by atoms with Gasteiger partial charge in [0.15, 0.2) is 5.13 Å². The van der Waals surface area contributed by atoms with Gasteiger partial charge in [0.2, 0.25) is 0 Å². The van der Waals surface area contributed by atoms with E-state index in [4.69, 9.17) is 4.74 Å². The van der Waals surface area contributed by atoms with Crippen LogP contribution in [-0.4, -0.2) is 34.4 Å². The number of aliphatic hydroxyl groups is 1. The zero-order valence-electron chi connectivity index (χ0n) is 20.6. The van der Waals surface area contributed by atoms with Gasteiger partial charge in [-0.25, -0.2) is 14.2 Å². The number of amides is 1. The van der Waals surface area contributed by atoms with Crippen molar-refractivity contribution in [1.29, 1.82) is 0 Å². The molecule has 1 aliphatic heterocycles. The third-order valence-electron chi connectivity index (χ3n) is 6.10. The van der Waals surface area contributed by atoms with Crippen LogP contribution in [0.3, 0.4) is 0 Å². The largest absolute Gasteiger partial charge is 0.507 e. The van der Waals surface area contributed by atoms with Gasteiger partial charge in [0, 0.05) is 5.56 Å². The first-order valence-corrected chi connectivity index (χ1v) is 12.4. The summed E-state index contributed by atoms with van der Waals surface area (Å²) in [5.41, 5.74) is 2.17. The first kappa shape index (κ1) is 26.0. The van der Waals surface area contributed by atoms with Gasteiger partial charge in [-0.2, -0.15) is 0 Å². The molecular weight excluding hydrogens is 495 g/mol. The van der Waals surface area contributed by atoms with Crippen molar-refractivity contribution in [1.82, 2.24) is 4.98 Å². The van der Waals surface area contributed by atoms with Gasteiger partial charge >= 0.3 is 11.9 Å². The van der Waals surface area contributed by atoms with Crippen molar-refractivity contribution < 1.29 is 28.6 Å². The molecule has 1 amide bonds. The molecule has 1 aliphatic rings. The number of carbonyl (C=O) groups is 3. The molecule has 1 aromatic heterocycles. The summed E-state index contributed by atoms with van der Waals surface area (Å²) in [7, 11) is 0. The summed E-state index contributed by atoms with van der Waals surface area (Å²) in [4.78, 5) is 44.9. The van der Waals surface area contributed by atoms with Crippen molar-refractivity contribution in [2.45, 2.75) is 33.2 Å². The van der Waals surface area contributed by atoms with E-state index in [0.29, 0.717) is 16.8 Å².